The quantitative estimate of drug-likeness (QED) is 0.899. The molecule has 2 N–H and O–H groups in total. The van der Waals surface area contributed by atoms with Gasteiger partial charge < -0.3 is 5.73 Å². The lowest BCUT2D eigenvalue weighted by Gasteiger charge is -2.40. The third-order valence-corrected chi connectivity index (χ3v) is 4.72. The molecule has 0 amide bonds. The van der Waals surface area contributed by atoms with Crippen LogP contribution in [0, 0.1) is 0 Å². The minimum atomic E-state index is 0.380. The van der Waals surface area contributed by atoms with E-state index in [-0.39, 0.29) is 0 Å². The summed E-state index contributed by atoms with van der Waals surface area (Å²) >= 11 is 0. The number of hydrogen-bond acceptors (Lipinski definition) is 2. The predicted molar refractivity (Wildman–Crippen MR) is 85.7 cm³/mol. The van der Waals surface area contributed by atoms with Crippen LogP contribution in [0.2, 0.25) is 0 Å². The lowest BCUT2D eigenvalue weighted by atomic mass is 9.94. The van der Waals surface area contributed by atoms with Gasteiger partial charge in [0.2, 0.25) is 0 Å². The Bertz CT molecular complexity index is 593. The van der Waals surface area contributed by atoms with Crippen molar-refractivity contribution in [2.75, 3.05) is 6.54 Å². The van der Waals surface area contributed by atoms with Crippen LogP contribution in [-0.4, -0.2) is 23.5 Å². The van der Waals surface area contributed by atoms with Gasteiger partial charge in [-0.25, -0.2) is 0 Å². The van der Waals surface area contributed by atoms with Crippen molar-refractivity contribution in [1.82, 2.24) is 4.90 Å². The van der Waals surface area contributed by atoms with Crippen molar-refractivity contribution in [2.45, 2.75) is 44.8 Å². The molecular formula is C18H24N2. The highest BCUT2D eigenvalue weighted by molar-refractivity contribution is 5.83. The van der Waals surface area contributed by atoms with Crippen LogP contribution in [0.1, 0.15) is 38.3 Å². The Kier molecular flexibility index (Phi) is 3.77. The molecule has 0 radical (unpaired) electrons. The first-order chi connectivity index (χ1) is 9.65. The van der Waals surface area contributed by atoms with Crippen LogP contribution in [0.3, 0.4) is 0 Å². The van der Waals surface area contributed by atoms with Crippen LogP contribution in [0.15, 0.2) is 42.5 Å². The third kappa shape index (κ3) is 2.58. The second-order valence-corrected chi connectivity index (χ2v) is 6.15. The second-order valence-electron chi connectivity index (χ2n) is 6.15. The summed E-state index contributed by atoms with van der Waals surface area (Å²) in [5.41, 5.74) is 7.48. The number of rotatable bonds is 2. The summed E-state index contributed by atoms with van der Waals surface area (Å²) < 4.78 is 0. The average molecular weight is 268 g/mol. The molecule has 1 saturated heterocycles. The Morgan fingerprint density at radius 1 is 1.15 bits per heavy atom. The highest BCUT2D eigenvalue weighted by Crippen LogP contribution is 2.29. The van der Waals surface area contributed by atoms with Crippen LogP contribution < -0.4 is 5.73 Å². The SMILES string of the molecule is CC1CC(N)CCN1C(C)c1ccc2ccccc2c1. The van der Waals surface area contributed by atoms with Crippen LogP contribution >= 0.6 is 0 Å². The highest BCUT2D eigenvalue weighted by Gasteiger charge is 2.27. The molecule has 3 unspecified atom stereocenters. The van der Waals surface area contributed by atoms with E-state index in [1.54, 1.807) is 0 Å². The zero-order valence-electron chi connectivity index (χ0n) is 12.4. The summed E-state index contributed by atoms with van der Waals surface area (Å²) in [6.07, 6.45) is 2.22. The molecule has 3 rings (SSSR count). The minimum absolute atomic E-state index is 0.380. The van der Waals surface area contributed by atoms with Gasteiger partial charge in [-0.1, -0.05) is 36.4 Å². The van der Waals surface area contributed by atoms with Crippen molar-refractivity contribution >= 4 is 10.8 Å². The molecule has 0 saturated carbocycles. The van der Waals surface area contributed by atoms with Gasteiger partial charge in [0.25, 0.3) is 0 Å². The molecule has 2 heteroatoms. The molecule has 2 nitrogen and oxygen atoms in total. The predicted octanol–water partition coefficient (Wildman–Crippen LogP) is 3.71. The minimum Gasteiger partial charge on any atom is -0.328 e. The first-order valence-corrected chi connectivity index (χ1v) is 7.65. The van der Waals surface area contributed by atoms with Crippen molar-refractivity contribution in [3.05, 3.63) is 48.0 Å². The first kappa shape index (κ1) is 13.6. The zero-order chi connectivity index (χ0) is 14.1. The average Bonchev–Trinajstić information content (AvgIpc) is 2.46. The lowest BCUT2D eigenvalue weighted by Crippen LogP contribution is -2.46. The van der Waals surface area contributed by atoms with E-state index in [1.807, 2.05) is 0 Å². The lowest BCUT2D eigenvalue weighted by molar-refractivity contribution is 0.104. The monoisotopic (exact) mass is 268 g/mol. The second kappa shape index (κ2) is 5.55. The topological polar surface area (TPSA) is 29.3 Å². The van der Waals surface area contributed by atoms with E-state index in [2.05, 4.69) is 61.2 Å². The van der Waals surface area contributed by atoms with Gasteiger partial charge in [0.05, 0.1) is 0 Å². The van der Waals surface area contributed by atoms with E-state index in [1.165, 1.54) is 16.3 Å². The van der Waals surface area contributed by atoms with Crippen molar-refractivity contribution < 1.29 is 0 Å². The third-order valence-electron chi connectivity index (χ3n) is 4.72. The fourth-order valence-electron chi connectivity index (χ4n) is 3.46. The molecule has 0 spiro atoms. The number of benzene rings is 2. The normalized spacial score (nSPS) is 25.8. The van der Waals surface area contributed by atoms with Gasteiger partial charge in [-0.2, -0.15) is 0 Å². The van der Waals surface area contributed by atoms with E-state index in [0.29, 0.717) is 18.1 Å². The number of likely N-dealkylation sites (tertiary alicyclic amines) is 1. The summed E-state index contributed by atoms with van der Waals surface area (Å²) in [5.74, 6) is 0. The number of hydrogen-bond donors (Lipinski definition) is 1. The summed E-state index contributed by atoms with van der Waals surface area (Å²) in [6, 6.07) is 16.8. The van der Waals surface area contributed by atoms with E-state index in [4.69, 9.17) is 5.73 Å². The Morgan fingerprint density at radius 3 is 2.65 bits per heavy atom. The van der Waals surface area contributed by atoms with E-state index >= 15 is 0 Å². The molecule has 2 aromatic rings. The Hall–Kier alpha value is -1.38. The van der Waals surface area contributed by atoms with Crippen molar-refractivity contribution in [1.29, 1.82) is 0 Å². The smallest absolute Gasteiger partial charge is 0.0322 e. The van der Waals surface area contributed by atoms with Gasteiger partial charge in [-0.15, -0.1) is 0 Å². The molecule has 0 bridgehead atoms. The summed E-state index contributed by atoms with van der Waals surface area (Å²) in [7, 11) is 0. The molecule has 106 valence electrons. The van der Waals surface area contributed by atoms with E-state index < -0.39 is 0 Å². The molecule has 0 aliphatic carbocycles. The van der Waals surface area contributed by atoms with Gasteiger partial charge in [0.1, 0.15) is 0 Å². The summed E-state index contributed by atoms with van der Waals surface area (Å²) in [4.78, 5) is 2.59. The van der Waals surface area contributed by atoms with Gasteiger partial charge in [0.15, 0.2) is 0 Å². The molecular weight excluding hydrogens is 244 g/mol. The Balaban J connectivity index is 1.86. The van der Waals surface area contributed by atoms with Crippen LogP contribution in [0.25, 0.3) is 10.8 Å². The highest BCUT2D eigenvalue weighted by atomic mass is 15.2. The maximum atomic E-state index is 6.07. The number of nitrogens with two attached hydrogens (primary N) is 1. The summed E-state index contributed by atoms with van der Waals surface area (Å²) in [6.45, 7) is 5.73. The number of fused-ring (bicyclic) bond motifs is 1. The van der Waals surface area contributed by atoms with Gasteiger partial charge in [0, 0.05) is 24.7 Å². The fourth-order valence-corrected chi connectivity index (χ4v) is 3.46. The zero-order valence-corrected chi connectivity index (χ0v) is 12.4. The van der Waals surface area contributed by atoms with Crippen molar-refractivity contribution in [3.8, 4) is 0 Å². The largest absolute Gasteiger partial charge is 0.328 e. The molecule has 2 aromatic carbocycles. The van der Waals surface area contributed by atoms with Crippen molar-refractivity contribution in [3.63, 3.8) is 0 Å². The number of nitrogens with zero attached hydrogens (tertiary/aromatic N) is 1. The number of piperidine rings is 1. The van der Waals surface area contributed by atoms with E-state index in [0.717, 1.165) is 19.4 Å². The molecule has 1 fully saturated rings. The Morgan fingerprint density at radius 2 is 1.90 bits per heavy atom. The van der Waals surface area contributed by atoms with Crippen LogP contribution in [0.4, 0.5) is 0 Å². The fraction of sp³-hybridized carbons (Fsp3) is 0.444. The molecule has 1 aliphatic heterocycles. The molecule has 3 atom stereocenters. The maximum absolute atomic E-state index is 6.07. The van der Waals surface area contributed by atoms with Gasteiger partial charge in [-0.05, 0) is 49.1 Å². The maximum Gasteiger partial charge on any atom is 0.0322 e. The van der Waals surface area contributed by atoms with Crippen LogP contribution in [-0.2, 0) is 0 Å². The first-order valence-electron chi connectivity index (χ1n) is 7.65. The van der Waals surface area contributed by atoms with Gasteiger partial charge in [-0.3, -0.25) is 4.90 Å². The molecule has 0 aromatic heterocycles. The standard InChI is InChI=1S/C18H24N2/c1-13-11-18(19)9-10-20(13)14(2)16-8-7-15-5-3-4-6-17(15)12-16/h3-8,12-14,18H,9-11,19H2,1-2H3. The van der Waals surface area contributed by atoms with Crippen molar-refractivity contribution in [2.24, 2.45) is 5.73 Å². The van der Waals surface area contributed by atoms with E-state index in [9.17, 15) is 0 Å². The Labute approximate surface area is 121 Å². The van der Waals surface area contributed by atoms with Crippen LogP contribution in [0.5, 0.6) is 0 Å². The van der Waals surface area contributed by atoms with Gasteiger partial charge >= 0.3 is 0 Å². The molecule has 20 heavy (non-hydrogen) atoms. The molecule has 1 heterocycles. The molecule has 1 aliphatic rings. The summed E-state index contributed by atoms with van der Waals surface area (Å²) in [5, 5.41) is 2.65.